The number of oxazole rings is 1. The first-order valence-corrected chi connectivity index (χ1v) is 10.8. The highest BCUT2D eigenvalue weighted by Crippen LogP contribution is 2.19. The van der Waals surface area contributed by atoms with Gasteiger partial charge in [0.05, 0.1) is 6.54 Å². The molecule has 0 spiro atoms. The van der Waals surface area contributed by atoms with E-state index in [0.29, 0.717) is 18.5 Å². The van der Waals surface area contributed by atoms with Gasteiger partial charge >= 0.3 is 0 Å². The number of hydrogen-bond acceptors (Lipinski definition) is 4. The molecule has 0 radical (unpaired) electrons. The van der Waals surface area contributed by atoms with Gasteiger partial charge in [0.25, 0.3) is 0 Å². The fourth-order valence-electron chi connectivity index (χ4n) is 3.66. The van der Waals surface area contributed by atoms with Crippen molar-refractivity contribution < 1.29 is 4.42 Å². The molecule has 29 heavy (non-hydrogen) atoms. The lowest BCUT2D eigenvalue weighted by Crippen LogP contribution is -2.49. The summed E-state index contributed by atoms with van der Waals surface area (Å²) in [5, 5.41) is 6.95. The van der Waals surface area contributed by atoms with Gasteiger partial charge < -0.3 is 20.0 Å². The highest BCUT2D eigenvalue weighted by atomic mass is 16.3. The first-order chi connectivity index (χ1) is 14.0. The van der Waals surface area contributed by atoms with Crippen molar-refractivity contribution >= 4 is 5.96 Å². The molecule has 0 amide bonds. The monoisotopic (exact) mass is 397 g/mol. The third-order valence-electron chi connectivity index (χ3n) is 5.15. The number of rotatable bonds is 7. The average molecular weight is 398 g/mol. The summed E-state index contributed by atoms with van der Waals surface area (Å²) in [7, 11) is 0. The second kappa shape index (κ2) is 10.4. The number of benzene rings is 1. The average Bonchev–Trinajstić information content (AvgIpc) is 3.17. The van der Waals surface area contributed by atoms with Crippen LogP contribution in [0.4, 0.5) is 0 Å². The van der Waals surface area contributed by atoms with Crippen LogP contribution in [0, 0.1) is 12.8 Å². The Morgan fingerprint density at radius 1 is 1.24 bits per heavy atom. The Hall–Kier alpha value is -2.34. The summed E-state index contributed by atoms with van der Waals surface area (Å²) in [6.07, 6.45) is 4.00. The molecule has 0 saturated carbocycles. The zero-order valence-corrected chi connectivity index (χ0v) is 18.2. The summed E-state index contributed by atoms with van der Waals surface area (Å²) in [5.74, 6) is 2.23. The Bertz CT molecular complexity index is 773. The fraction of sp³-hybridized carbons (Fsp3) is 0.565. The van der Waals surface area contributed by atoms with Crippen molar-refractivity contribution in [3.8, 4) is 11.5 Å². The zero-order valence-electron chi connectivity index (χ0n) is 18.2. The van der Waals surface area contributed by atoms with Crippen LogP contribution >= 0.6 is 0 Å². The molecular formula is C23H35N5O. The normalized spacial score (nSPS) is 16.4. The number of nitrogens with one attached hydrogen (secondary N) is 2. The summed E-state index contributed by atoms with van der Waals surface area (Å²) in [6.45, 7) is 13.6. The summed E-state index contributed by atoms with van der Waals surface area (Å²) < 4.78 is 5.65. The van der Waals surface area contributed by atoms with Gasteiger partial charge in [0.1, 0.15) is 12.0 Å². The minimum atomic E-state index is 0.469. The standard InChI is InChI=1S/C23H35N5O/c1-5-24-23(27-20-10-12-28(13-11-20)15-17(2)3)25-14-21-16-29-22(26-21)19-8-6-18(4)7-9-19/h6-9,16-17,20H,5,10-15H2,1-4H3,(H2,24,25,27). The van der Waals surface area contributed by atoms with Gasteiger partial charge in [-0.25, -0.2) is 9.98 Å². The third-order valence-corrected chi connectivity index (χ3v) is 5.15. The third kappa shape index (κ3) is 6.60. The molecule has 6 heteroatoms. The van der Waals surface area contributed by atoms with E-state index in [1.165, 1.54) is 12.1 Å². The van der Waals surface area contributed by atoms with Crippen LogP contribution in [0.2, 0.25) is 0 Å². The lowest BCUT2D eigenvalue weighted by Gasteiger charge is -2.34. The van der Waals surface area contributed by atoms with Gasteiger partial charge in [-0.1, -0.05) is 31.5 Å². The lowest BCUT2D eigenvalue weighted by molar-refractivity contribution is 0.187. The first-order valence-electron chi connectivity index (χ1n) is 10.8. The van der Waals surface area contributed by atoms with Crippen molar-refractivity contribution in [2.75, 3.05) is 26.2 Å². The van der Waals surface area contributed by atoms with Crippen molar-refractivity contribution in [3.05, 3.63) is 41.8 Å². The molecule has 2 N–H and O–H groups in total. The van der Waals surface area contributed by atoms with E-state index in [4.69, 9.17) is 9.41 Å². The molecule has 1 aliphatic rings. The SMILES string of the molecule is CCNC(=NCc1coc(-c2ccc(C)cc2)n1)NC1CCN(CC(C)C)CC1. The van der Waals surface area contributed by atoms with E-state index in [9.17, 15) is 0 Å². The van der Waals surface area contributed by atoms with Gasteiger partial charge in [0.15, 0.2) is 5.96 Å². The van der Waals surface area contributed by atoms with Crippen LogP contribution in [0.15, 0.2) is 39.9 Å². The lowest BCUT2D eigenvalue weighted by atomic mass is 10.0. The molecule has 0 aliphatic carbocycles. The number of aliphatic imine (C=N–C) groups is 1. The number of nitrogens with zero attached hydrogens (tertiary/aromatic N) is 3. The maximum atomic E-state index is 5.65. The molecule has 0 atom stereocenters. The van der Waals surface area contributed by atoms with Gasteiger partial charge in [0, 0.05) is 37.8 Å². The number of aryl methyl sites for hydroxylation is 1. The summed E-state index contributed by atoms with van der Waals surface area (Å²) in [4.78, 5) is 11.9. The Morgan fingerprint density at radius 3 is 2.62 bits per heavy atom. The van der Waals surface area contributed by atoms with Crippen LogP contribution in [0.1, 0.15) is 44.9 Å². The quantitative estimate of drug-likeness (QED) is 0.549. The number of aromatic nitrogens is 1. The van der Waals surface area contributed by atoms with Crippen molar-refractivity contribution in [1.29, 1.82) is 0 Å². The summed E-state index contributed by atoms with van der Waals surface area (Å²) in [6, 6.07) is 8.67. The largest absolute Gasteiger partial charge is 0.444 e. The Kier molecular flexibility index (Phi) is 7.69. The molecule has 158 valence electrons. The number of likely N-dealkylation sites (tertiary alicyclic amines) is 1. The molecule has 2 aromatic rings. The minimum absolute atomic E-state index is 0.469. The molecule has 1 fully saturated rings. The molecule has 0 unspecified atom stereocenters. The van der Waals surface area contributed by atoms with Gasteiger partial charge in [-0.05, 0) is 44.7 Å². The van der Waals surface area contributed by atoms with Gasteiger partial charge in [0.2, 0.25) is 5.89 Å². The highest BCUT2D eigenvalue weighted by molar-refractivity contribution is 5.80. The van der Waals surface area contributed by atoms with Crippen molar-refractivity contribution in [2.45, 2.75) is 53.1 Å². The van der Waals surface area contributed by atoms with E-state index < -0.39 is 0 Å². The number of guanidine groups is 1. The predicted molar refractivity (Wildman–Crippen MR) is 119 cm³/mol. The number of hydrogen-bond donors (Lipinski definition) is 2. The second-order valence-corrected chi connectivity index (χ2v) is 8.32. The van der Waals surface area contributed by atoms with Crippen LogP contribution < -0.4 is 10.6 Å². The van der Waals surface area contributed by atoms with Gasteiger partial charge in [-0.15, -0.1) is 0 Å². The number of piperidine rings is 1. The second-order valence-electron chi connectivity index (χ2n) is 8.32. The van der Waals surface area contributed by atoms with Crippen LogP contribution in [-0.2, 0) is 6.54 Å². The van der Waals surface area contributed by atoms with E-state index in [0.717, 1.165) is 55.6 Å². The van der Waals surface area contributed by atoms with Crippen molar-refractivity contribution in [2.24, 2.45) is 10.9 Å². The minimum Gasteiger partial charge on any atom is -0.444 e. The molecule has 1 aromatic heterocycles. The maximum Gasteiger partial charge on any atom is 0.226 e. The molecular weight excluding hydrogens is 362 g/mol. The molecule has 1 aromatic carbocycles. The highest BCUT2D eigenvalue weighted by Gasteiger charge is 2.20. The molecule has 1 aliphatic heterocycles. The molecule has 6 nitrogen and oxygen atoms in total. The Balaban J connectivity index is 1.55. The predicted octanol–water partition coefficient (Wildman–Crippen LogP) is 3.83. The van der Waals surface area contributed by atoms with Crippen LogP contribution in [0.3, 0.4) is 0 Å². The topological polar surface area (TPSA) is 65.7 Å². The first kappa shape index (κ1) is 21.4. The van der Waals surface area contributed by atoms with E-state index in [-0.39, 0.29) is 0 Å². The summed E-state index contributed by atoms with van der Waals surface area (Å²) in [5.41, 5.74) is 3.05. The van der Waals surface area contributed by atoms with E-state index in [1.807, 2.05) is 12.1 Å². The van der Waals surface area contributed by atoms with E-state index >= 15 is 0 Å². The fourth-order valence-corrected chi connectivity index (χ4v) is 3.66. The molecule has 1 saturated heterocycles. The van der Waals surface area contributed by atoms with Crippen LogP contribution in [0.25, 0.3) is 11.5 Å². The van der Waals surface area contributed by atoms with Gasteiger partial charge in [-0.3, -0.25) is 0 Å². The smallest absolute Gasteiger partial charge is 0.226 e. The van der Waals surface area contributed by atoms with E-state index in [1.54, 1.807) is 6.26 Å². The zero-order chi connectivity index (χ0) is 20.6. The van der Waals surface area contributed by atoms with Crippen molar-refractivity contribution in [3.63, 3.8) is 0 Å². The van der Waals surface area contributed by atoms with Crippen LogP contribution in [-0.4, -0.2) is 48.1 Å². The molecule has 2 heterocycles. The molecule has 0 bridgehead atoms. The van der Waals surface area contributed by atoms with Crippen molar-refractivity contribution in [1.82, 2.24) is 20.5 Å². The Labute approximate surface area is 174 Å². The maximum absolute atomic E-state index is 5.65. The van der Waals surface area contributed by atoms with E-state index in [2.05, 4.69) is 60.3 Å². The van der Waals surface area contributed by atoms with Gasteiger partial charge in [-0.2, -0.15) is 0 Å². The summed E-state index contributed by atoms with van der Waals surface area (Å²) >= 11 is 0. The Morgan fingerprint density at radius 2 is 1.97 bits per heavy atom. The molecule has 3 rings (SSSR count). The van der Waals surface area contributed by atoms with Crippen LogP contribution in [0.5, 0.6) is 0 Å².